The summed E-state index contributed by atoms with van der Waals surface area (Å²) in [5.41, 5.74) is 1.16. The topological polar surface area (TPSA) is 136 Å². The largest absolute Gasteiger partial charge is 0.448 e. The molecular weight excluding hydrogens is 556 g/mol. The Hall–Kier alpha value is -5.29. The molecule has 1 unspecified atom stereocenters. The summed E-state index contributed by atoms with van der Waals surface area (Å²) in [5, 5.41) is 3.65. The molecule has 0 saturated carbocycles. The maximum Gasteiger partial charge on any atom is 0.356 e. The number of esters is 1. The van der Waals surface area contributed by atoms with Crippen LogP contribution in [0.4, 0.5) is 11.5 Å². The monoisotopic (exact) mass is 582 g/mol. The molecule has 42 heavy (non-hydrogen) atoms. The zero-order valence-electron chi connectivity index (χ0n) is 22.6. The third-order valence-electron chi connectivity index (χ3n) is 6.55. The van der Waals surface area contributed by atoms with Crippen molar-refractivity contribution in [2.75, 3.05) is 10.0 Å². The van der Waals surface area contributed by atoms with Gasteiger partial charge in [-0.3, -0.25) is 14.3 Å². The van der Waals surface area contributed by atoms with Crippen LogP contribution in [-0.2, 0) is 26.6 Å². The molecule has 11 heteroatoms. The summed E-state index contributed by atoms with van der Waals surface area (Å²) in [4.78, 5) is 43.5. The van der Waals surface area contributed by atoms with E-state index in [0.29, 0.717) is 27.6 Å². The number of benzene rings is 3. The molecule has 0 aliphatic carbocycles. The van der Waals surface area contributed by atoms with Crippen molar-refractivity contribution in [3.63, 3.8) is 0 Å². The molecule has 2 heterocycles. The smallest absolute Gasteiger partial charge is 0.356 e. The van der Waals surface area contributed by atoms with Gasteiger partial charge < -0.3 is 14.6 Å². The molecule has 0 aliphatic heterocycles. The van der Waals surface area contributed by atoms with Gasteiger partial charge in [-0.25, -0.2) is 18.2 Å². The molecule has 0 spiro atoms. The summed E-state index contributed by atoms with van der Waals surface area (Å²) in [6.45, 7) is 1.41. The number of amides is 1. The lowest BCUT2D eigenvalue weighted by molar-refractivity contribution is -0.123. The summed E-state index contributed by atoms with van der Waals surface area (Å²) < 4.78 is 34.4. The van der Waals surface area contributed by atoms with Gasteiger partial charge in [-0.05, 0) is 60.3 Å². The van der Waals surface area contributed by atoms with Crippen LogP contribution in [0.5, 0.6) is 0 Å². The van der Waals surface area contributed by atoms with Gasteiger partial charge in [0.15, 0.2) is 6.10 Å². The molecule has 0 radical (unpaired) electrons. The van der Waals surface area contributed by atoms with Crippen molar-refractivity contribution >= 4 is 44.2 Å². The summed E-state index contributed by atoms with van der Waals surface area (Å²) in [6.07, 6.45) is 0.226. The highest BCUT2D eigenvalue weighted by Gasteiger charge is 2.26. The molecule has 0 aliphatic rings. The van der Waals surface area contributed by atoms with E-state index in [0.717, 1.165) is 0 Å². The molecule has 1 atom stereocenters. The third kappa shape index (κ3) is 5.77. The number of sulfonamides is 1. The number of aromatic nitrogens is 2. The van der Waals surface area contributed by atoms with Gasteiger partial charge in [-0.2, -0.15) is 0 Å². The van der Waals surface area contributed by atoms with E-state index in [9.17, 15) is 22.8 Å². The van der Waals surface area contributed by atoms with Crippen molar-refractivity contribution in [2.24, 2.45) is 7.05 Å². The Kier molecular flexibility index (Phi) is 7.85. The normalized spacial score (nSPS) is 12.0. The van der Waals surface area contributed by atoms with Crippen molar-refractivity contribution in [3.8, 4) is 11.1 Å². The maximum atomic E-state index is 13.5. The molecule has 5 aromatic rings. The van der Waals surface area contributed by atoms with Gasteiger partial charge in [-0.15, -0.1) is 0 Å². The zero-order valence-corrected chi connectivity index (χ0v) is 23.5. The second-order valence-corrected chi connectivity index (χ2v) is 11.1. The Morgan fingerprint density at radius 2 is 1.50 bits per heavy atom. The second kappa shape index (κ2) is 11.7. The second-order valence-electron chi connectivity index (χ2n) is 9.38. The van der Waals surface area contributed by atoms with Crippen LogP contribution in [0.15, 0.2) is 113 Å². The summed E-state index contributed by atoms with van der Waals surface area (Å²) in [5.74, 6) is -1.31. The first-order chi connectivity index (χ1) is 20.2. The Bertz CT molecular complexity index is 1940. The number of nitrogens with zero attached hydrogens (tertiary/aromatic N) is 2. The quantitative estimate of drug-likeness (QED) is 0.256. The molecule has 3 aromatic carbocycles. The lowest BCUT2D eigenvalue weighted by Gasteiger charge is -2.19. The van der Waals surface area contributed by atoms with E-state index in [1.165, 1.54) is 55.1 Å². The van der Waals surface area contributed by atoms with E-state index in [-0.39, 0.29) is 22.0 Å². The highest BCUT2D eigenvalue weighted by Crippen LogP contribution is 2.31. The molecule has 0 fully saturated rings. The number of fused-ring (bicyclic) bond motifs is 1. The van der Waals surface area contributed by atoms with Gasteiger partial charge in [0.05, 0.1) is 4.90 Å². The number of ether oxygens (including phenoxy) is 1. The van der Waals surface area contributed by atoms with Crippen LogP contribution in [-0.4, -0.2) is 35.9 Å². The highest BCUT2D eigenvalue weighted by molar-refractivity contribution is 7.92. The van der Waals surface area contributed by atoms with E-state index in [4.69, 9.17) is 4.74 Å². The van der Waals surface area contributed by atoms with Crippen LogP contribution < -0.4 is 15.6 Å². The number of anilines is 2. The molecule has 1 amide bonds. The zero-order chi connectivity index (χ0) is 29.9. The molecule has 0 bridgehead atoms. The first-order valence-corrected chi connectivity index (χ1v) is 14.4. The Balaban J connectivity index is 1.35. The summed E-state index contributed by atoms with van der Waals surface area (Å²) in [6, 6.07) is 26.5. The van der Waals surface area contributed by atoms with Crippen molar-refractivity contribution < 1.29 is 22.7 Å². The van der Waals surface area contributed by atoms with Gasteiger partial charge in [0.2, 0.25) is 0 Å². The molecule has 2 aromatic heterocycles. The van der Waals surface area contributed by atoms with E-state index >= 15 is 0 Å². The maximum absolute atomic E-state index is 13.5. The van der Waals surface area contributed by atoms with E-state index in [2.05, 4.69) is 15.0 Å². The average molecular weight is 583 g/mol. The van der Waals surface area contributed by atoms with Crippen LogP contribution in [0.2, 0.25) is 0 Å². The van der Waals surface area contributed by atoms with E-state index in [1.807, 2.05) is 30.3 Å². The number of hydrogen-bond donors (Lipinski definition) is 2. The van der Waals surface area contributed by atoms with Crippen LogP contribution in [0.3, 0.4) is 0 Å². The van der Waals surface area contributed by atoms with Crippen LogP contribution in [0, 0.1) is 0 Å². The van der Waals surface area contributed by atoms with Gasteiger partial charge in [0, 0.05) is 29.9 Å². The number of rotatable bonds is 8. The average Bonchev–Trinajstić information content (AvgIpc) is 2.99. The Labute approximate surface area is 241 Å². The number of nitrogens with one attached hydrogen (secondary N) is 2. The van der Waals surface area contributed by atoms with E-state index in [1.54, 1.807) is 36.4 Å². The number of carbonyl (C=O) groups excluding carboxylic acids is 2. The number of carbonyl (C=O) groups is 2. The fraction of sp³-hybridized carbons (Fsp3) is 0.0968. The van der Waals surface area contributed by atoms with Crippen molar-refractivity contribution in [1.29, 1.82) is 0 Å². The highest BCUT2D eigenvalue weighted by atomic mass is 32.2. The molecule has 0 saturated heterocycles. The molecule has 5 rings (SSSR count). The minimum absolute atomic E-state index is 0.0134. The number of hydrogen-bond acceptors (Lipinski definition) is 7. The SMILES string of the molecule is CC(OC(=O)c1c(-c2ccccc2)c2ccccc2c(=O)n1C)C(=O)Nc1ccc(S(=O)(=O)Nc2ccccn2)cc1. The standard InChI is InChI=1S/C31H26N4O6S/c1-20(29(36)33-22-15-17-23(18-16-22)42(39,40)34-26-14-8-9-19-32-26)41-31(38)28-27(21-10-4-3-5-11-21)24-12-6-7-13-25(24)30(37)35(28)2/h3-20H,1-2H3,(H,32,34)(H,33,36). The number of pyridine rings is 2. The minimum Gasteiger partial charge on any atom is -0.448 e. The van der Waals surface area contributed by atoms with Crippen LogP contribution in [0.1, 0.15) is 17.4 Å². The fourth-order valence-electron chi connectivity index (χ4n) is 4.45. The van der Waals surface area contributed by atoms with Crippen molar-refractivity contribution in [2.45, 2.75) is 17.9 Å². The Morgan fingerprint density at radius 3 is 2.17 bits per heavy atom. The first kappa shape index (κ1) is 28.2. The molecular formula is C31H26N4O6S. The van der Waals surface area contributed by atoms with Crippen molar-refractivity contribution in [1.82, 2.24) is 9.55 Å². The van der Waals surface area contributed by atoms with Gasteiger partial charge in [0.1, 0.15) is 11.5 Å². The minimum atomic E-state index is -3.89. The Morgan fingerprint density at radius 1 is 0.857 bits per heavy atom. The first-order valence-electron chi connectivity index (χ1n) is 12.9. The van der Waals surface area contributed by atoms with Crippen LogP contribution in [0.25, 0.3) is 21.9 Å². The lowest BCUT2D eigenvalue weighted by atomic mass is 9.97. The van der Waals surface area contributed by atoms with E-state index < -0.39 is 28.0 Å². The lowest BCUT2D eigenvalue weighted by Crippen LogP contribution is -2.33. The van der Waals surface area contributed by atoms with Gasteiger partial charge in [0.25, 0.3) is 21.5 Å². The third-order valence-corrected chi connectivity index (χ3v) is 7.92. The van der Waals surface area contributed by atoms with Gasteiger partial charge in [-0.1, -0.05) is 54.6 Å². The predicted octanol–water partition coefficient (Wildman–Crippen LogP) is 4.59. The summed E-state index contributed by atoms with van der Waals surface area (Å²) >= 11 is 0. The molecule has 212 valence electrons. The molecule has 10 nitrogen and oxygen atoms in total. The molecule has 2 N–H and O–H groups in total. The summed E-state index contributed by atoms with van der Waals surface area (Å²) in [7, 11) is -2.41. The predicted molar refractivity (Wildman–Crippen MR) is 160 cm³/mol. The van der Waals surface area contributed by atoms with Crippen LogP contribution >= 0.6 is 0 Å². The van der Waals surface area contributed by atoms with Gasteiger partial charge >= 0.3 is 5.97 Å². The van der Waals surface area contributed by atoms with Crippen molar-refractivity contribution in [3.05, 3.63) is 119 Å². The fourth-order valence-corrected chi connectivity index (χ4v) is 5.46.